The van der Waals surface area contributed by atoms with Crippen molar-refractivity contribution in [2.75, 3.05) is 0 Å². The van der Waals surface area contributed by atoms with E-state index in [-0.39, 0.29) is 46.7 Å². The van der Waals surface area contributed by atoms with Crippen LogP contribution in [0.1, 0.15) is 0 Å². The summed E-state index contributed by atoms with van der Waals surface area (Å²) in [7, 11) is 0. The van der Waals surface area contributed by atoms with E-state index in [1.807, 2.05) is 0 Å². The summed E-state index contributed by atoms with van der Waals surface area (Å²) < 4.78 is 0. The molecular formula is C11H10N3NaO2. The maximum atomic E-state index is 9.44. The van der Waals surface area contributed by atoms with Crippen molar-refractivity contribution in [1.82, 2.24) is 4.98 Å². The van der Waals surface area contributed by atoms with Gasteiger partial charge in [0.15, 0.2) is 11.5 Å². The topological polar surface area (TPSA) is 78.1 Å². The van der Waals surface area contributed by atoms with Crippen LogP contribution in [0.5, 0.6) is 11.5 Å². The Hall–Kier alpha value is -1.43. The third kappa shape index (κ3) is 3.52. The predicted molar refractivity (Wildman–Crippen MR) is 65.3 cm³/mol. The average Bonchev–Trinajstić information content (AvgIpc) is 2.30. The van der Waals surface area contributed by atoms with E-state index >= 15 is 0 Å². The minimum atomic E-state index is -0.125. The van der Waals surface area contributed by atoms with Crippen molar-refractivity contribution in [3.05, 3.63) is 42.6 Å². The van der Waals surface area contributed by atoms with Crippen LogP contribution in [0.3, 0.4) is 0 Å². The first kappa shape index (κ1) is 13.6. The van der Waals surface area contributed by atoms with E-state index in [4.69, 9.17) is 0 Å². The van der Waals surface area contributed by atoms with Crippen LogP contribution in [0.2, 0.25) is 0 Å². The summed E-state index contributed by atoms with van der Waals surface area (Å²) in [6.45, 7) is 0. The Morgan fingerprint density at radius 2 is 1.59 bits per heavy atom. The number of hydrogen-bond acceptors (Lipinski definition) is 5. The molecule has 1 heterocycles. The fraction of sp³-hybridized carbons (Fsp3) is 0. The number of aromatic hydroxyl groups is 2. The van der Waals surface area contributed by atoms with Crippen LogP contribution < -0.4 is 0 Å². The number of rotatable bonds is 2. The second kappa shape index (κ2) is 6.34. The summed E-state index contributed by atoms with van der Waals surface area (Å²) in [5.74, 6) is 0.157. The average molecular weight is 239 g/mol. The van der Waals surface area contributed by atoms with Gasteiger partial charge in [-0.1, -0.05) is 12.1 Å². The number of hydrogen-bond donors (Lipinski definition) is 2. The van der Waals surface area contributed by atoms with Gasteiger partial charge in [-0.2, -0.15) is 0 Å². The zero-order valence-corrected chi connectivity index (χ0v) is 8.28. The Bertz CT molecular complexity index is 497. The number of phenols is 2. The van der Waals surface area contributed by atoms with Crippen LogP contribution in [0.15, 0.2) is 52.8 Å². The molecule has 0 atom stereocenters. The van der Waals surface area contributed by atoms with Crippen molar-refractivity contribution in [2.45, 2.75) is 0 Å². The molecule has 0 aliphatic carbocycles. The van der Waals surface area contributed by atoms with Gasteiger partial charge in [-0.25, -0.2) is 4.98 Å². The molecule has 0 bridgehead atoms. The molecule has 0 spiro atoms. The van der Waals surface area contributed by atoms with Crippen LogP contribution in [0.4, 0.5) is 11.5 Å². The molecule has 6 heteroatoms. The number of aromatic nitrogens is 1. The molecule has 2 N–H and O–H groups in total. The molecule has 1 aromatic carbocycles. The van der Waals surface area contributed by atoms with Crippen LogP contribution in [-0.4, -0.2) is 44.8 Å². The van der Waals surface area contributed by atoms with E-state index in [0.717, 1.165) is 0 Å². The summed E-state index contributed by atoms with van der Waals surface area (Å²) in [4.78, 5) is 3.93. The van der Waals surface area contributed by atoms with Crippen molar-refractivity contribution >= 4 is 41.1 Å². The second-order valence-electron chi connectivity index (χ2n) is 3.03. The molecule has 1 aromatic heterocycles. The van der Waals surface area contributed by atoms with Crippen molar-refractivity contribution in [1.29, 1.82) is 0 Å². The first-order valence-electron chi connectivity index (χ1n) is 4.61. The molecular weight excluding hydrogens is 229 g/mol. The van der Waals surface area contributed by atoms with Crippen molar-refractivity contribution in [2.24, 2.45) is 10.2 Å². The van der Waals surface area contributed by atoms with Gasteiger partial charge in [0, 0.05) is 6.20 Å². The predicted octanol–water partition coefficient (Wildman–Crippen LogP) is 2.26. The van der Waals surface area contributed by atoms with E-state index < -0.39 is 0 Å². The van der Waals surface area contributed by atoms with Gasteiger partial charge >= 0.3 is 29.6 Å². The van der Waals surface area contributed by atoms with E-state index in [2.05, 4.69) is 15.2 Å². The molecule has 0 amide bonds. The number of azo groups is 1. The van der Waals surface area contributed by atoms with Gasteiger partial charge in [-0.15, -0.1) is 10.2 Å². The van der Waals surface area contributed by atoms with Gasteiger partial charge < -0.3 is 10.2 Å². The Morgan fingerprint density at radius 3 is 2.18 bits per heavy atom. The summed E-state index contributed by atoms with van der Waals surface area (Å²) in [6.07, 6.45) is 1.58. The molecule has 0 radical (unpaired) electrons. The third-order valence-electron chi connectivity index (χ3n) is 1.90. The fourth-order valence-electron chi connectivity index (χ4n) is 1.14. The van der Waals surface area contributed by atoms with Crippen molar-refractivity contribution in [3.8, 4) is 11.5 Å². The number of benzene rings is 1. The SMILES string of the molecule is Oc1cccc(O)c1/N=N/c1ccccn1.[NaH]. The van der Waals surface area contributed by atoms with E-state index in [1.165, 1.54) is 18.2 Å². The molecule has 0 unspecified atom stereocenters. The standard InChI is InChI=1S/C11H9N3O2.Na.H/c15-8-4-3-5-9(16)11(8)14-13-10-6-1-2-7-12-10;;/h1-7,15-16H;;/b14-13+;;. The summed E-state index contributed by atoms with van der Waals surface area (Å²) >= 11 is 0. The van der Waals surface area contributed by atoms with Crippen LogP contribution in [0, 0.1) is 0 Å². The number of pyridine rings is 1. The zero-order valence-electron chi connectivity index (χ0n) is 8.28. The Labute approximate surface area is 120 Å². The molecule has 2 aromatic rings. The van der Waals surface area contributed by atoms with Crippen molar-refractivity contribution < 1.29 is 10.2 Å². The Morgan fingerprint density at radius 1 is 0.882 bits per heavy atom. The Balaban J connectivity index is 0.00000144. The van der Waals surface area contributed by atoms with Crippen LogP contribution in [0.25, 0.3) is 0 Å². The van der Waals surface area contributed by atoms with E-state index in [1.54, 1.807) is 24.4 Å². The van der Waals surface area contributed by atoms with Crippen molar-refractivity contribution in [3.63, 3.8) is 0 Å². The van der Waals surface area contributed by atoms with Gasteiger partial charge in [0.05, 0.1) is 0 Å². The zero-order chi connectivity index (χ0) is 11.4. The molecule has 82 valence electrons. The normalized spacial score (nSPS) is 10.1. The molecule has 0 aliphatic rings. The molecule has 17 heavy (non-hydrogen) atoms. The van der Waals surface area contributed by atoms with Crippen LogP contribution in [-0.2, 0) is 0 Å². The molecule has 5 nitrogen and oxygen atoms in total. The van der Waals surface area contributed by atoms with Gasteiger partial charge in [-0.05, 0) is 24.3 Å². The second-order valence-corrected chi connectivity index (χ2v) is 3.03. The maximum absolute atomic E-state index is 9.44. The molecule has 0 saturated carbocycles. The number of nitrogens with zero attached hydrogens (tertiary/aromatic N) is 3. The van der Waals surface area contributed by atoms with E-state index in [9.17, 15) is 10.2 Å². The Kier molecular flexibility index (Phi) is 5.09. The summed E-state index contributed by atoms with van der Waals surface area (Å²) in [6, 6.07) is 9.56. The third-order valence-corrected chi connectivity index (χ3v) is 1.90. The monoisotopic (exact) mass is 239 g/mol. The molecule has 0 saturated heterocycles. The summed E-state index contributed by atoms with van der Waals surface area (Å²) in [5.41, 5.74) is 0.0353. The van der Waals surface area contributed by atoms with Gasteiger partial charge in [-0.3, -0.25) is 0 Å². The number of phenolic OH excluding ortho intramolecular Hbond substituents is 2. The van der Waals surface area contributed by atoms with Crippen LogP contribution >= 0.6 is 0 Å². The minimum absolute atomic E-state index is 0. The first-order chi connectivity index (χ1) is 7.77. The van der Waals surface area contributed by atoms with Gasteiger partial charge in [0.2, 0.25) is 0 Å². The molecule has 0 fully saturated rings. The summed E-state index contributed by atoms with van der Waals surface area (Å²) in [5, 5.41) is 26.4. The fourth-order valence-corrected chi connectivity index (χ4v) is 1.14. The van der Waals surface area contributed by atoms with Gasteiger partial charge in [0.1, 0.15) is 11.5 Å². The first-order valence-corrected chi connectivity index (χ1v) is 4.61. The van der Waals surface area contributed by atoms with E-state index in [0.29, 0.717) is 5.82 Å². The molecule has 0 aliphatic heterocycles. The van der Waals surface area contributed by atoms with Gasteiger partial charge in [0.25, 0.3) is 0 Å². The quantitative estimate of drug-likeness (QED) is 0.623. The molecule has 2 rings (SSSR count).